The molecular formula is C22H24ClNO. The molecule has 3 rings (SSSR count). The summed E-state index contributed by atoms with van der Waals surface area (Å²) in [4.78, 5) is 4.82. The van der Waals surface area contributed by atoms with Crippen LogP contribution in [0.4, 0.5) is 0 Å². The molecule has 0 aliphatic carbocycles. The van der Waals surface area contributed by atoms with Crippen molar-refractivity contribution in [2.45, 2.75) is 33.2 Å². The van der Waals surface area contributed by atoms with Crippen molar-refractivity contribution in [3.05, 3.63) is 70.3 Å². The number of halogens is 1. The Bertz CT molecular complexity index is 807. The second-order valence-corrected chi connectivity index (χ2v) is 7.35. The van der Waals surface area contributed by atoms with E-state index in [1.165, 1.54) is 11.1 Å². The highest BCUT2D eigenvalue weighted by Gasteiger charge is 2.17. The molecule has 2 nitrogen and oxygen atoms in total. The average molecular weight is 354 g/mol. The van der Waals surface area contributed by atoms with E-state index in [2.05, 4.69) is 39.0 Å². The van der Waals surface area contributed by atoms with Gasteiger partial charge in [0.1, 0.15) is 5.75 Å². The molecule has 0 radical (unpaired) electrons. The first kappa shape index (κ1) is 17.8. The van der Waals surface area contributed by atoms with Crippen LogP contribution in [0.5, 0.6) is 5.75 Å². The van der Waals surface area contributed by atoms with Crippen LogP contribution in [0.1, 0.15) is 37.5 Å². The normalized spacial score (nSPS) is 16.8. The molecule has 3 heteroatoms. The van der Waals surface area contributed by atoms with Gasteiger partial charge in [-0.15, -0.1) is 0 Å². The average Bonchev–Trinajstić information content (AvgIpc) is 2.58. The predicted octanol–water partition coefficient (Wildman–Crippen LogP) is 5.82. The summed E-state index contributed by atoms with van der Waals surface area (Å²) in [6, 6.07) is 14.4. The van der Waals surface area contributed by atoms with Gasteiger partial charge >= 0.3 is 0 Å². The number of aliphatic imine (C=N–C) groups is 1. The summed E-state index contributed by atoms with van der Waals surface area (Å²) in [5.41, 5.74) is 4.48. The maximum Gasteiger partial charge on any atom is 0.119 e. The Labute approximate surface area is 155 Å². The van der Waals surface area contributed by atoms with E-state index in [4.69, 9.17) is 21.3 Å². The zero-order chi connectivity index (χ0) is 17.8. The molecule has 1 aliphatic rings. The maximum absolute atomic E-state index is 6.24. The van der Waals surface area contributed by atoms with Crippen molar-refractivity contribution in [3.8, 4) is 5.75 Å². The molecule has 0 amide bonds. The van der Waals surface area contributed by atoms with Crippen LogP contribution in [0.2, 0.25) is 5.02 Å². The quantitative estimate of drug-likeness (QED) is 0.663. The highest BCUT2D eigenvalue weighted by molar-refractivity contribution is 6.32. The van der Waals surface area contributed by atoms with E-state index in [9.17, 15) is 0 Å². The van der Waals surface area contributed by atoms with Crippen LogP contribution < -0.4 is 4.74 Å². The van der Waals surface area contributed by atoms with Crippen molar-refractivity contribution in [3.63, 3.8) is 0 Å². The van der Waals surface area contributed by atoms with E-state index in [0.29, 0.717) is 5.92 Å². The van der Waals surface area contributed by atoms with Gasteiger partial charge in [-0.2, -0.15) is 0 Å². The first-order valence-electron chi connectivity index (χ1n) is 8.79. The van der Waals surface area contributed by atoms with Gasteiger partial charge in [-0.25, -0.2) is 0 Å². The van der Waals surface area contributed by atoms with Crippen LogP contribution in [0, 0.1) is 5.92 Å². The summed E-state index contributed by atoms with van der Waals surface area (Å²) < 4.78 is 5.87. The fraction of sp³-hybridized carbons (Fsp3) is 0.318. The van der Waals surface area contributed by atoms with Gasteiger partial charge in [0.2, 0.25) is 0 Å². The van der Waals surface area contributed by atoms with Gasteiger partial charge < -0.3 is 4.74 Å². The lowest BCUT2D eigenvalue weighted by atomic mass is 9.93. The zero-order valence-corrected chi connectivity index (χ0v) is 15.8. The minimum Gasteiger partial charge on any atom is -0.493 e. The van der Waals surface area contributed by atoms with Crippen molar-refractivity contribution in [2.24, 2.45) is 10.9 Å². The standard InChI is InChI=1S/C22H24ClNO/c1-15(2)14-25-19-9-10-20-18(13-19)12-16(3)24-22(20)11-8-17-6-4-5-7-21(17)23/h4-11,13,15-16H,12,14H2,1-3H3/b11-8+. The van der Waals surface area contributed by atoms with Crippen LogP contribution in [0.15, 0.2) is 53.5 Å². The van der Waals surface area contributed by atoms with Gasteiger partial charge in [-0.05, 0) is 60.7 Å². The number of hydrogen-bond acceptors (Lipinski definition) is 2. The van der Waals surface area contributed by atoms with Crippen molar-refractivity contribution in [2.75, 3.05) is 6.61 Å². The number of ether oxygens (including phenoxy) is 1. The maximum atomic E-state index is 6.24. The van der Waals surface area contributed by atoms with E-state index in [0.717, 1.165) is 35.1 Å². The molecule has 1 aliphatic heterocycles. The fourth-order valence-electron chi connectivity index (χ4n) is 2.92. The first-order valence-corrected chi connectivity index (χ1v) is 9.17. The molecule has 0 saturated heterocycles. The van der Waals surface area contributed by atoms with Crippen LogP contribution in [-0.2, 0) is 6.42 Å². The first-order chi connectivity index (χ1) is 12.0. The lowest BCUT2D eigenvalue weighted by Crippen LogP contribution is -2.17. The molecule has 1 heterocycles. The van der Waals surface area contributed by atoms with Crippen LogP contribution in [0.25, 0.3) is 6.08 Å². The molecule has 25 heavy (non-hydrogen) atoms. The van der Waals surface area contributed by atoms with E-state index in [1.807, 2.05) is 36.4 Å². The molecule has 2 aromatic carbocycles. The molecule has 1 atom stereocenters. The minimum atomic E-state index is 0.263. The van der Waals surface area contributed by atoms with Gasteiger partial charge in [-0.3, -0.25) is 4.99 Å². The van der Waals surface area contributed by atoms with Crippen molar-refractivity contribution >= 4 is 23.4 Å². The predicted molar refractivity (Wildman–Crippen MR) is 107 cm³/mol. The molecule has 1 unspecified atom stereocenters. The van der Waals surface area contributed by atoms with E-state index in [-0.39, 0.29) is 6.04 Å². The second-order valence-electron chi connectivity index (χ2n) is 6.95. The summed E-state index contributed by atoms with van der Waals surface area (Å²) in [5.74, 6) is 1.46. The van der Waals surface area contributed by atoms with Gasteiger partial charge in [0, 0.05) is 10.6 Å². The Hall–Kier alpha value is -2.06. The lowest BCUT2D eigenvalue weighted by Gasteiger charge is -2.21. The van der Waals surface area contributed by atoms with Crippen LogP contribution >= 0.6 is 11.6 Å². The Balaban J connectivity index is 1.86. The lowest BCUT2D eigenvalue weighted by molar-refractivity contribution is 0.271. The van der Waals surface area contributed by atoms with Gasteiger partial charge in [0.15, 0.2) is 0 Å². The molecule has 2 aromatic rings. The molecule has 0 aromatic heterocycles. The van der Waals surface area contributed by atoms with E-state index >= 15 is 0 Å². The molecule has 0 N–H and O–H groups in total. The van der Waals surface area contributed by atoms with Crippen LogP contribution in [-0.4, -0.2) is 18.4 Å². The topological polar surface area (TPSA) is 21.6 Å². The second kappa shape index (κ2) is 7.88. The van der Waals surface area contributed by atoms with Gasteiger partial charge in [-0.1, -0.05) is 49.7 Å². The molecule has 0 saturated carbocycles. The summed E-state index contributed by atoms with van der Waals surface area (Å²) in [6.45, 7) is 7.20. The van der Waals surface area contributed by atoms with E-state index in [1.54, 1.807) is 0 Å². The molecule has 0 spiro atoms. The molecule has 0 bridgehead atoms. The highest BCUT2D eigenvalue weighted by atomic mass is 35.5. The smallest absolute Gasteiger partial charge is 0.119 e. The zero-order valence-electron chi connectivity index (χ0n) is 15.0. The number of nitrogens with zero attached hydrogens (tertiary/aromatic N) is 1. The summed E-state index contributed by atoms with van der Waals surface area (Å²) in [5, 5.41) is 0.751. The SMILES string of the molecule is CC(C)COc1ccc2c(c1)CC(C)N=C2/C=C/c1ccccc1Cl. The Morgan fingerprint density at radius 1 is 1.20 bits per heavy atom. The number of benzene rings is 2. The van der Waals surface area contributed by atoms with E-state index < -0.39 is 0 Å². The Morgan fingerprint density at radius 2 is 2.00 bits per heavy atom. The summed E-state index contributed by atoms with van der Waals surface area (Å²) >= 11 is 6.24. The van der Waals surface area contributed by atoms with Gasteiger partial charge in [0.05, 0.1) is 18.4 Å². The summed E-state index contributed by atoms with van der Waals surface area (Å²) in [6.07, 6.45) is 5.04. The fourth-order valence-corrected chi connectivity index (χ4v) is 3.12. The monoisotopic (exact) mass is 353 g/mol. The number of rotatable bonds is 5. The highest BCUT2D eigenvalue weighted by Crippen LogP contribution is 2.26. The molecule has 130 valence electrons. The molecule has 0 fully saturated rings. The Morgan fingerprint density at radius 3 is 2.76 bits per heavy atom. The number of hydrogen-bond donors (Lipinski definition) is 0. The van der Waals surface area contributed by atoms with Crippen molar-refractivity contribution in [1.82, 2.24) is 0 Å². The third-order valence-electron chi connectivity index (χ3n) is 4.14. The third kappa shape index (κ3) is 4.52. The Kier molecular flexibility index (Phi) is 5.60. The molecular weight excluding hydrogens is 330 g/mol. The largest absolute Gasteiger partial charge is 0.493 e. The van der Waals surface area contributed by atoms with Gasteiger partial charge in [0.25, 0.3) is 0 Å². The summed E-state index contributed by atoms with van der Waals surface area (Å²) in [7, 11) is 0. The van der Waals surface area contributed by atoms with Crippen molar-refractivity contribution in [1.29, 1.82) is 0 Å². The number of fused-ring (bicyclic) bond motifs is 1. The minimum absolute atomic E-state index is 0.263. The van der Waals surface area contributed by atoms with Crippen molar-refractivity contribution < 1.29 is 4.74 Å². The van der Waals surface area contributed by atoms with Crippen LogP contribution in [0.3, 0.4) is 0 Å². The number of allylic oxidation sites excluding steroid dienone is 1. The third-order valence-corrected chi connectivity index (χ3v) is 4.48.